The highest BCUT2D eigenvalue weighted by atomic mass is 19.4. The van der Waals surface area contributed by atoms with Gasteiger partial charge in [-0.15, -0.1) is 0 Å². The van der Waals surface area contributed by atoms with E-state index in [4.69, 9.17) is 10.5 Å². The molecule has 0 radical (unpaired) electrons. The maximum atomic E-state index is 11.9. The van der Waals surface area contributed by atoms with Gasteiger partial charge in [-0.2, -0.15) is 13.2 Å². The molecule has 3 nitrogen and oxygen atoms in total. The van der Waals surface area contributed by atoms with Gasteiger partial charge in [-0.1, -0.05) is 0 Å². The van der Waals surface area contributed by atoms with Gasteiger partial charge >= 0.3 is 6.18 Å². The minimum atomic E-state index is -4.11. The molecule has 0 rings (SSSR count). The fourth-order valence-corrected chi connectivity index (χ4v) is 1.24. The molecule has 92 valence electrons. The molecule has 3 N–H and O–H groups in total. The van der Waals surface area contributed by atoms with Crippen LogP contribution in [0.3, 0.4) is 0 Å². The Labute approximate surface area is 88.2 Å². The van der Waals surface area contributed by atoms with Crippen molar-refractivity contribution < 1.29 is 17.9 Å². The monoisotopic (exact) mass is 228 g/mol. The summed E-state index contributed by atoms with van der Waals surface area (Å²) in [6.45, 7) is 2.37. The summed E-state index contributed by atoms with van der Waals surface area (Å²) in [4.78, 5) is 0. The SMILES string of the molecule is COC(CN)CCNC(C)CC(F)(F)F. The largest absolute Gasteiger partial charge is 0.390 e. The molecule has 0 aliphatic rings. The highest BCUT2D eigenvalue weighted by Crippen LogP contribution is 2.21. The second-order valence-electron chi connectivity index (χ2n) is 3.56. The molecule has 6 heteroatoms. The Kier molecular flexibility index (Phi) is 6.87. The molecule has 0 bridgehead atoms. The molecule has 0 spiro atoms. The van der Waals surface area contributed by atoms with E-state index >= 15 is 0 Å². The Morgan fingerprint density at radius 2 is 2.00 bits per heavy atom. The standard InChI is InChI=1S/C9H19F3N2O/c1-7(5-9(10,11)12)14-4-3-8(6-13)15-2/h7-8,14H,3-6,13H2,1-2H3. The lowest BCUT2D eigenvalue weighted by Gasteiger charge is -2.18. The van der Waals surface area contributed by atoms with Crippen LogP contribution in [0.4, 0.5) is 13.2 Å². The van der Waals surface area contributed by atoms with E-state index in [9.17, 15) is 13.2 Å². The van der Waals surface area contributed by atoms with Crippen molar-refractivity contribution in [3.63, 3.8) is 0 Å². The first-order valence-corrected chi connectivity index (χ1v) is 4.92. The van der Waals surface area contributed by atoms with Crippen LogP contribution in [0.15, 0.2) is 0 Å². The van der Waals surface area contributed by atoms with Crippen LogP contribution >= 0.6 is 0 Å². The first-order valence-electron chi connectivity index (χ1n) is 4.92. The van der Waals surface area contributed by atoms with Crippen molar-refractivity contribution >= 4 is 0 Å². The third-order valence-corrected chi connectivity index (χ3v) is 2.09. The molecule has 0 aliphatic heterocycles. The zero-order valence-corrected chi connectivity index (χ0v) is 9.10. The smallest absolute Gasteiger partial charge is 0.380 e. The summed E-state index contributed by atoms with van der Waals surface area (Å²) in [5.41, 5.74) is 5.37. The molecule has 0 heterocycles. The number of methoxy groups -OCH3 is 1. The first kappa shape index (κ1) is 14.7. The van der Waals surface area contributed by atoms with Crippen LogP contribution in [0.2, 0.25) is 0 Å². The van der Waals surface area contributed by atoms with Crippen molar-refractivity contribution in [2.45, 2.75) is 38.1 Å². The van der Waals surface area contributed by atoms with Gasteiger partial charge in [0.05, 0.1) is 12.5 Å². The summed E-state index contributed by atoms with van der Waals surface area (Å²) in [7, 11) is 1.54. The lowest BCUT2D eigenvalue weighted by molar-refractivity contribution is -0.139. The second kappa shape index (κ2) is 7.03. The molecular formula is C9H19F3N2O. The van der Waals surface area contributed by atoms with E-state index < -0.39 is 18.6 Å². The molecule has 0 aromatic rings. The van der Waals surface area contributed by atoms with Gasteiger partial charge in [0, 0.05) is 19.7 Å². The molecule has 0 saturated heterocycles. The van der Waals surface area contributed by atoms with E-state index in [1.165, 1.54) is 14.0 Å². The van der Waals surface area contributed by atoms with Gasteiger partial charge in [0.15, 0.2) is 0 Å². The van der Waals surface area contributed by atoms with Crippen molar-refractivity contribution in [1.29, 1.82) is 0 Å². The normalized spacial score (nSPS) is 16.4. The topological polar surface area (TPSA) is 47.3 Å². The quantitative estimate of drug-likeness (QED) is 0.690. The highest BCUT2D eigenvalue weighted by Gasteiger charge is 2.29. The van der Waals surface area contributed by atoms with Crippen molar-refractivity contribution in [1.82, 2.24) is 5.32 Å². The Morgan fingerprint density at radius 3 is 2.40 bits per heavy atom. The molecule has 0 aromatic carbocycles. The van der Waals surface area contributed by atoms with Crippen LogP contribution < -0.4 is 11.1 Å². The van der Waals surface area contributed by atoms with Gasteiger partial charge < -0.3 is 15.8 Å². The molecule has 0 aromatic heterocycles. The van der Waals surface area contributed by atoms with Crippen molar-refractivity contribution in [3.8, 4) is 0 Å². The van der Waals surface area contributed by atoms with Crippen molar-refractivity contribution in [2.75, 3.05) is 20.2 Å². The fraction of sp³-hybridized carbons (Fsp3) is 1.00. The summed E-state index contributed by atoms with van der Waals surface area (Å²) < 4.78 is 40.8. The number of ether oxygens (including phenoxy) is 1. The van der Waals surface area contributed by atoms with Crippen LogP contribution in [-0.2, 0) is 4.74 Å². The molecule has 0 saturated carbocycles. The number of hydrogen-bond donors (Lipinski definition) is 2. The molecule has 2 atom stereocenters. The van der Waals surface area contributed by atoms with Crippen molar-refractivity contribution in [3.05, 3.63) is 0 Å². The summed E-state index contributed by atoms with van der Waals surface area (Å²) in [6, 6.07) is -0.569. The van der Waals surface area contributed by atoms with Gasteiger partial charge in [0.25, 0.3) is 0 Å². The van der Waals surface area contributed by atoms with Crippen molar-refractivity contribution in [2.24, 2.45) is 5.73 Å². The molecular weight excluding hydrogens is 209 g/mol. The Balaban J connectivity index is 3.58. The summed E-state index contributed by atoms with van der Waals surface area (Å²) in [5.74, 6) is 0. The Morgan fingerprint density at radius 1 is 1.40 bits per heavy atom. The van der Waals surface area contributed by atoms with Gasteiger partial charge in [0.2, 0.25) is 0 Å². The average Bonchev–Trinajstić information content (AvgIpc) is 2.09. The predicted octanol–water partition coefficient (Wildman–Crippen LogP) is 1.28. The Hall–Kier alpha value is -0.330. The number of hydrogen-bond acceptors (Lipinski definition) is 3. The summed E-state index contributed by atoms with van der Waals surface area (Å²) in [6.07, 6.45) is -4.39. The molecule has 15 heavy (non-hydrogen) atoms. The second-order valence-corrected chi connectivity index (χ2v) is 3.56. The summed E-state index contributed by atoms with van der Waals surface area (Å²) in [5, 5.41) is 2.78. The van der Waals surface area contributed by atoms with Crippen LogP contribution in [-0.4, -0.2) is 38.5 Å². The minimum Gasteiger partial charge on any atom is -0.380 e. The van der Waals surface area contributed by atoms with Gasteiger partial charge in [-0.25, -0.2) is 0 Å². The lowest BCUT2D eigenvalue weighted by Crippen LogP contribution is -2.34. The maximum absolute atomic E-state index is 11.9. The summed E-state index contributed by atoms with van der Waals surface area (Å²) >= 11 is 0. The number of halogens is 3. The maximum Gasteiger partial charge on any atom is 0.390 e. The van der Waals surface area contributed by atoms with E-state index in [1.54, 1.807) is 0 Å². The molecule has 0 amide bonds. The van der Waals surface area contributed by atoms with E-state index in [0.29, 0.717) is 19.5 Å². The first-order chi connectivity index (χ1) is 6.89. The zero-order chi connectivity index (χ0) is 11.9. The molecule has 0 fully saturated rings. The van der Waals surface area contributed by atoms with E-state index in [-0.39, 0.29) is 6.10 Å². The van der Waals surface area contributed by atoms with Gasteiger partial charge in [-0.05, 0) is 19.9 Å². The average molecular weight is 228 g/mol. The van der Waals surface area contributed by atoms with Crippen LogP contribution in [0.1, 0.15) is 19.8 Å². The third-order valence-electron chi connectivity index (χ3n) is 2.09. The van der Waals surface area contributed by atoms with E-state index in [2.05, 4.69) is 5.32 Å². The van der Waals surface area contributed by atoms with Crippen LogP contribution in [0.5, 0.6) is 0 Å². The number of alkyl halides is 3. The fourth-order valence-electron chi connectivity index (χ4n) is 1.24. The van der Waals surface area contributed by atoms with Gasteiger partial charge in [0.1, 0.15) is 0 Å². The van der Waals surface area contributed by atoms with Crippen LogP contribution in [0.25, 0.3) is 0 Å². The number of nitrogens with one attached hydrogen (secondary N) is 1. The third kappa shape index (κ3) is 8.65. The van der Waals surface area contributed by atoms with Gasteiger partial charge in [-0.3, -0.25) is 0 Å². The minimum absolute atomic E-state index is 0.0874. The van der Waals surface area contributed by atoms with E-state index in [0.717, 1.165) is 0 Å². The predicted molar refractivity (Wildman–Crippen MR) is 52.6 cm³/mol. The number of nitrogens with two attached hydrogens (primary N) is 1. The molecule has 0 aliphatic carbocycles. The lowest BCUT2D eigenvalue weighted by atomic mass is 10.2. The number of rotatable bonds is 7. The Bertz CT molecular complexity index is 160. The van der Waals surface area contributed by atoms with Crippen LogP contribution in [0, 0.1) is 0 Å². The highest BCUT2D eigenvalue weighted by molar-refractivity contribution is 4.67. The van der Waals surface area contributed by atoms with E-state index in [1.807, 2.05) is 0 Å². The zero-order valence-electron chi connectivity index (χ0n) is 9.10. The molecule has 2 unspecified atom stereocenters.